The molecule has 7 heteroatoms. The smallest absolute Gasteiger partial charge is 0.243 e. The second-order valence-corrected chi connectivity index (χ2v) is 7.09. The SMILES string of the molecule is CCC(O)CN(CC(=O)Nc1ccccc1SCC(N)=O)c1ccccc1. The van der Waals surface area contributed by atoms with Gasteiger partial charge in [0.2, 0.25) is 11.8 Å². The number of amides is 2. The maximum Gasteiger partial charge on any atom is 0.243 e. The van der Waals surface area contributed by atoms with Crippen molar-refractivity contribution >= 4 is 35.0 Å². The van der Waals surface area contributed by atoms with Gasteiger partial charge in [-0.2, -0.15) is 0 Å². The number of carbonyl (C=O) groups excluding carboxylic acids is 2. The molecule has 2 rings (SSSR count). The average molecular weight is 388 g/mol. The van der Waals surface area contributed by atoms with Crippen LogP contribution in [0.3, 0.4) is 0 Å². The molecular weight excluding hydrogens is 362 g/mol. The summed E-state index contributed by atoms with van der Waals surface area (Å²) in [5, 5.41) is 12.9. The lowest BCUT2D eigenvalue weighted by Gasteiger charge is -2.26. The van der Waals surface area contributed by atoms with Crippen LogP contribution in [0.2, 0.25) is 0 Å². The van der Waals surface area contributed by atoms with Crippen LogP contribution in [0.25, 0.3) is 0 Å². The lowest BCUT2D eigenvalue weighted by Crippen LogP contribution is -2.38. The summed E-state index contributed by atoms with van der Waals surface area (Å²) in [6, 6.07) is 16.8. The zero-order valence-electron chi connectivity index (χ0n) is 15.3. The monoisotopic (exact) mass is 387 g/mol. The molecule has 0 bridgehead atoms. The topological polar surface area (TPSA) is 95.7 Å². The summed E-state index contributed by atoms with van der Waals surface area (Å²) in [5.74, 6) is -0.467. The van der Waals surface area contributed by atoms with Crippen molar-refractivity contribution < 1.29 is 14.7 Å². The van der Waals surface area contributed by atoms with Crippen LogP contribution in [0.15, 0.2) is 59.5 Å². The summed E-state index contributed by atoms with van der Waals surface area (Å²) in [6.07, 6.45) is 0.0915. The lowest BCUT2D eigenvalue weighted by molar-refractivity contribution is -0.116. The Balaban J connectivity index is 2.08. The van der Waals surface area contributed by atoms with E-state index >= 15 is 0 Å². The van der Waals surface area contributed by atoms with Gasteiger partial charge in [0.15, 0.2) is 0 Å². The molecule has 0 aliphatic rings. The highest BCUT2D eigenvalue weighted by atomic mass is 32.2. The van der Waals surface area contributed by atoms with Gasteiger partial charge in [0.25, 0.3) is 0 Å². The van der Waals surface area contributed by atoms with Gasteiger partial charge in [-0.15, -0.1) is 11.8 Å². The number of para-hydroxylation sites is 2. The maximum absolute atomic E-state index is 12.6. The minimum Gasteiger partial charge on any atom is -0.391 e. The average Bonchev–Trinajstić information content (AvgIpc) is 2.67. The number of anilines is 2. The Morgan fingerprint density at radius 3 is 2.48 bits per heavy atom. The van der Waals surface area contributed by atoms with E-state index in [1.807, 2.05) is 60.4 Å². The molecule has 2 amide bonds. The van der Waals surface area contributed by atoms with E-state index in [-0.39, 0.29) is 18.2 Å². The third kappa shape index (κ3) is 6.96. The number of nitrogens with one attached hydrogen (secondary N) is 1. The molecule has 144 valence electrons. The Bertz CT molecular complexity index is 755. The summed E-state index contributed by atoms with van der Waals surface area (Å²) >= 11 is 1.28. The van der Waals surface area contributed by atoms with Gasteiger partial charge in [0, 0.05) is 17.1 Å². The standard InChI is InChI=1S/C20H25N3O3S/c1-2-16(24)12-23(15-8-4-3-5-9-15)13-20(26)22-17-10-6-7-11-18(17)27-14-19(21)25/h3-11,16,24H,2,12-14H2,1H3,(H2,21,25)(H,22,26). The Morgan fingerprint density at radius 1 is 1.15 bits per heavy atom. The fourth-order valence-corrected chi connectivity index (χ4v) is 3.24. The minimum absolute atomic E-state index is 0.107. The van der Waals surface area contributed by atoms with E-state index < -0.39 is 12.0 Å². The molecule has 1 atom stereocenters. The molecule has 0 radical (unpaired) electrons. The second-order valence-electron chi connectivity index (χ2n) is 6.08. The van der Waals surface area contributed by atoms with E-state index in [4.69, 9.17) is 5.73 Å². The van der Waals surface area contributed by atoms with Crippen molar-refractivity contribution in [1.82, 2.24) is 0 Å². The molecule has 2 aromatic rings. The molecule has 27 heavy (non-hydrogen) atoms. The van der Waals surface area contributed by atoms with Crippen molar-refractivity contribution in [2.75, 3.05) is 29.1 Å². The molecule has 0 aromatic heterocycles. The number of aliphatic hydroxyl groups excluding tert-OH is 1. The normalized spacial score (nSPS) is 11.6. The number of hydrogen-bond donors (Lipinski definition) is 3. The van der Waals surface area contributed by atoms with Crippen LogP contribution in [0.1, 0.15) is 13.3 Å². The first kappa shape index (κ1) is 20.8. The van der Waals surface area contributed by atoms with E-state index in [1.165, 1.54) is 11.8 Å². The van der Waals surface area contributed by atoms with E-state index in [9.17, 15) is 14.7 Å². The van der Waals surface area contributed by atoms with Crippen LogP contribution >= 0.6 is 11.8 Å². The first-order valence-electron chi connectivity index (χ1n) is 8.77. The highest BCUT2D eigenvalue weighted by molar-refractivity contribution is 8.00. The van der Waals surface area contributed by atoms with E-state index in [2.05, 4.69) is 5.32 Å². The van der Waals surface area contributed by atoms with E-state index in [1.54, 1.807) is 6.07 Å². The molecule has 4 N–H and O–H groups in total. The predicted octanol–water partition coefficient (Wildman–Crippen LogP) is 2.48. The third-order valence-corrected chi connectivity index (χ3v) is 4.99. The van der Waals surface area contributed by atoms with Gasteiger partial charge in [-0.1, -0.05) is 37.3 Å². The fraction of sp³-hybridized carbons (Fsp3) is 0.300. The molecular formula is C20H25N3O3S. The van der Waals surface area contributed by atoms with Crippen molar-refractivity contribution in [1.29, 1.82) is 0 Å². The number of rotatable bonds is 10. The van der Waals surface area contributed by atoms with E-state index in [0.29, 0.717) is 18.7 Å². The highest BCUT2D eigenvalue weighted by Gasteiger charge is 2.16. The number of aliphatic hydroxyl groups is 1. The van der Waals surface area contributed by atoms with Gasteiger partial charge in [-0.25, -0.2) is 0 Å². The van der Waals surface area contributed by atoms with E-state index in [0.717, 1.165) is 10.6 Å². The Kier molecular flexibility index (Phi) is 8.16. The molecule has 0 spiro atoms. The summed E-state index contributed by atoms with van der Waals surface area (Å²) < 4.78 is 0. The molecule has 2 aromatic carbocycles. The zero-order chi connectivity index (χ0) is 19.6. The Labute approximate surface area is 163 Å². The number of thioether (sulfide) groups is 1. The van der Waals surface area contributed by atoms with Crippen molar-refractivity contribution in [2.24, 2.45) is 5.73 Å². The zero-order valence-corrected chi connectivity index (χ0v) is 16.1. The van der Waals surface area contributed by atoms with Gasteiger partial charge < -0.3 is 21.1 Å². The summed E-state index contributed by atoms with van der Waals surface area (Å²) in [6.45, 7) is 2.38. The van der Waals surface area contributed by atoms with Crippen molar-refractivity contribution in [2.45, 2.75) is 24.3 Å². The molecule has 1 unspecified atom stereocenters. The van der Waals surface area contributed by atoms with Crippen molar-refractivity contribution in [3.63, 3.8) is 0 Å². The summed E-state index contributed by atoms with van der Waals surface area (Å²) in [7, 11) is 0. The Hall–Kier alpha value is -2.51. The predicted molar refractivity (Wildman–Crippen MR) is 110 cm³/mol. The van der Waals surface area contributed by atoms with Gasteiger partial charge in [-0.05, 0) is 30.7 Å². The first-order chi connectivity index (χ1) is 13.0. The molecule has 6 nitrogen and oxygen atoms in total. The quantitative estimate of drug-likeness (QED) is 0.544. The number of benzene rings is 2. The summed E-state index contributed by atoms with van der Waals surface area (Å²) in [4.78, 5) is 26.3. The largest absolute Gasteiger partial charge is 0.391 e. The minimum atomic E-state index is -0.517. The maximum atomic E-state index is 12.6. The van der Waals surface area contributed by atoms with Crippen LogP contribution in [0.4, 0.5) is 11.4 Å². The van der Waals surface area contributed by atoms with Gasteiger partial charge in [-0.3, -0.25) is 9.59 Å². The molecule has 0 saturated heterocycles. The lowest BCUT2D eigenvalue weighted by atomic mass is 10.2. The molecule has 0 fully saturated rings. The van der Waals surface area contributed by atoms with Crippen LogP contribution < -0.4 is 16.0 Å². The second kappa shape index (κ2) is 10.6. The number of primary amides is 1. The Morgan fingerprint density at radius 2 is 1.81 bits per heavy atom. The van der Waals surface area contributed by atoms with Crippen LogP contribution in [-0.2, 0) is 9.59 Å². The van der Waals surface area contributed by atoms with Crippen LogP contribution in [0.5, 0.6) is 0 Å². The molecule has 0 saturated carbocycles. The van der Waals surface area contributed by atoms with Crippen molar-refractivity contribution in [3.8, 4) is 0 Å². The fourth-order valence-electron chi connectivity index (χ4n) is 2.49. The van der Waals surface area contributed by atoms with Gasteiger partial charge in [0.1, 0.15) is 0 Å². The highest BCUT2D eigenvalue weighted by Crippen LogP contribution is 2.26. The van der Waals surface area contributed by atoms with Gasteiger partial charge >= 0.3 is 0 Å². The van der Waals surface area contributed by atoms with Crippen LogP contribution in [0, 0.1) is 0 Å². The first-order valence-corrected chi connectivity index (χ1v) is 9.76. The summed E-state index contributed by atoms with van der Waals surface area (Å²) in [5.41, 5.74) is 6.71. The number of carbonyl (C=O) groups is 2. The third-order valence-electron chi connectivity index (χ3n) is 3.89. The van der Waals surface area contributed by atoms with Gasteiger partial charge in [0.05, 0.1) is 24.1 Å². The molecule has 0 heterocycles. The van der Waals surface area contributed by atoms with Crippen molar-refractivity contribution in [3.05, 3.63) is 54.6 Å². The number of hydrogen-bond acceptors (Lipinski definition) is 5. The number of nitrogens with two attached hydrogens (primary N) is 1. The van der Waals surface area contributed by atoms with Crippen LogP contribution in [-0.4, -0.2) is 41.9 Å². The number of nitrogens with zero attached hydrogens (tertiary/aromatic N) is 1. The molecule has 0 aliphatic heterocycles. The molecule has 0 aliphatic carbocycles.